The Balaban J connectivity index is 1.42. The van der Waals surface area contributed by atoms with Crippen LogP contribution in [-0.4, -0.2) is 11.5 Å². The molecule has 0 spiro atoms. The average molecular weight is 375 g/mol. The zero-order chi connectivity index (χ0) is 18.5. The second-order valence-corrected chi connectivity index (χ2v) is 6.70. The molecule has 0 unspecified atom stereocenters. The summed E-state index contributed by atoms with van der Waals surface area (Å²) in [6.07, 6.45) is 2.69. The molecule has 0 fully saturated rings. The Morgan fingerprint density at radius 3 is 2.59 bits per heavy atom. The summed E-state index contributed by atoms with van der Waals surface area (Å²) in [7, 11) is 0. The van der Waals surface area contributed by atoms with Crippen LogP contribution in [0.3, 0.4) is 0 Å². The van der Waals surface area contributed by atoms with Crippen molar-refractivity contribution < 1.29 is 4.74 Å². The number of nitrogens with one attached hydrogen (secondary N) is 1. The molecule has 3 nitrogen and oxygen atoms in total. The first-order chi connectivity index (χ1) is 13.3. The lowest BCUT2D eigenvalue weighted by molar-refractivity contribution is 0.482. The van der Waals surface area contributed by atoms with Crippen LogP contribution in [0.1, 0.15) is 5.56 Å². The average Bonchev–Trinajstić information content (AvgIpc) is 2.69. The van der Waals surface area contributed by atoms with Gasteiger partial charge in [0.25, 0.3) is 0 Å². The van der Waals surface area contributed by atoms with Crippen LogP contribution in [-0.2, 0) is 6.42 Å². The van der Waals surface area contributed by atoms with E-state index in [4.69, 9.17) is 16.3 Å². The summed E-state index contributed by atoms with van der Waals surface area (Å²) < 4.78 is 5.91. The Morgan fingerprint density at radius 1 is 0.852 bits per heavy atom. The van der Waals surface area contributed by atoms with Gasteiger partial charge in [-0.05, 0) is 60.5 Å². The highest BCUT2D eigenvalue weighted by atomic mass is 35.5. The molecule has 0 bridgehead atoms. The fraction of sp³-hybridized carbons (Fsp3) is 0.0870. The van der Waals surface area contributed by atoms with Crippen LogP contribution in [0.5, 0.6) is 11.5 Å². The largest absolute Gasteiger partial charge is 0.457 e. The molecule has 1 N–H and O–H groups in total. The lowest BCUT2D eigenvalue weighted by Gasteiger charge is -2.11. The van der Waals surface area contributed by atoms with Gasteiger partial charge in [0.15, 0.2) is 0 Å². The van der Waals surface area contributed by atoms with Gasteiger partial charge in [0.2, 0.25) is 0 Å². The maximum atomic E-state index is 6.06. The zero-order valence-electron chi connectivity index (χ0n) is 14.7. The second kappa shape index (κ2) is 8.11. The molecule has 3 aromatic carbocycles. The molecular formula is C23H19ClN2O. The predicted molar refractivity (Wildman–Crippen MR) is 112 cm³/mol. The van der Waals surface area contributed by atoms with Gasteiger partial charge in [-0.2, -0.15) is 0 Å². The number of hydrogen-bond donors (Lipinski definition) is 1. The Bertz CT molecular complexity index is 1050. The van der Waals surface area contributed by atoms with E-state index in [1.54, 1.807) is 6.20 Å². The normalized spacial score (nSPS) is 10.7. The van der Waals surface area contributed by atoms with E-state index in [1.165, 1.54) is 5.56 Å². The van der Waals surface area contributed by atoms with Crippen LogP contribution in [0.4, 0.5) is 5.69 Å². The van der Waals surface area contributed by atoms with E-state index in [9.17, 15) is 0 Å². The maximum Gasteiger partial charge on any atom is 0.127 e. The van der Waals surface area contributed by atoms with Crippen LogP contribution >= 0.6 is 11.6 Å². The summed E-state index contributed by atoms with van der Waals surface area (Å²) in [4.78, 5) is 4.38. The minimum absolute atomic E-state index is 0.697. The molecule has 27 heavy (non-hydrogen) atoms. The molecule has 134 valence electrons. The monoisotopic (exact) mass is 374 g/mol. The van der Waals surface area contributed by atoms with Crippen molar-refractivity contribution in [2.75, 3.05) is 11.9 Å². The fourth-order valence-corrected chi connectivity index (χ4v) is 3.17. The lowest BCUT2D eigenvalue weighted by Crippen LogP contribution is -2.05. The van der Waals surface area contributed by atoms with Gasteiger partial charge in [0.05, 0.1) is 5.52 Å². The molecule has 0 atom stereocenters. The number of pyridine rings is 1. The summed E-state index contributed by atoms with van der Waals surface area (Å²) >= 11 is 6.06. The topological polar surface area (TPSA) is 34.1 Å². The third-order valence-electron chi connectivity index (χ3n) is 4.31. The van der Waals surface area contributed by atoms with Crippen LogP contribution < -0.4 is 10.1 Å². The highest BCUT2D eigenvalue weighted by molar-refractivity contribution is 6.31. The number of anilines is 1. The Morgan fingerprint density at radius 2 is 1.70 bits per heavy atom. The number of rotatable bonds is 6. The van der Waals surface area contributed by atoms with Gasteiger partial charge in [-0.15, -0.1) is 0 Å². The summed E-state index contributed by atoms with van der Waals surface area (Å²) in [6.45, 7) is 0.816. The van der Waals surface area contributed by atoms with Crippen LogP contribution in [0.15, 0.2) is 85.1 Å². The molecule has 4 aromatic rings. The minimum atomic E-state index is 0.697. The van der Waals surface area contributed by atoms with Crippen molar-refractivity contribution in [3.8, 4) is 11.5 Å². The third kappa shape index (κ3) is 4.39. The number of halogens is 1. The summed E-state index contributed by atoms with van der Waals surface area (Å²) in [5, 5.41) is 5.27. The van der Waals surface area contributed by atoms with Gasteiger partial charge in [-0.25, -0.2) is 0 Å². The highest BCUT2D eigenvalue weighted by Gasteiger charge is 2.03. The van der Waals surface area contributed by atoms with Crippen molar-refractivity contribution in [1.29, 1.82) is 0 Å². The van der Waals surface area contributed by atoms with E-state index >= 15 is 0 Å². The second-order valence-electron chi connectivity index (χ2n) is 6.26. The highest BCUT2D eigenvalue weighted by Crippen LogP contribution is 2.25. The number of benzene rings is 3. The molecule has 4 rings (SSSR count). The summed E-state index contributed by atoms with van der Waals surface area (Å²) in [5.41, 5.74) is 3.18. The molecule has 0 aliphatic rings. The van der Waals surface area contributed by atoms with Gasteiger partial charge in [0.1, 0.15) is 11.5 Å². The first kappa shape index (κ1) is 17.4. The maximum absolute atomic E-state index is 6.06. The smallest absolute Gasteiger partial charge is 0.127 e. The fourth-order valence-electron chi connectivity index (χ4n) is 3.01. The SMILES string of the molecule is Clc1ccc2c(NCCc3cccc(Oc4ccccc4)c3)ccnc2c1. The molecule has 0 radical (unpaired) electrons. The van der Waals surface area contributed by atoms with Crippen molar-refractivity contribution in [1.82, 2.24) is 4.98 Å². The van der Waals surface area contributed by atoms with E-state index in [1.807, 2.05) is 66.7 Å². The van der Waals surface area contributed by atoms with E-state index in [-0.39, 0.29) is 0 Å². The molecule has 0 aliphatic carbocycles. The number of nitrogens with zero attached hydrogens (tertiary/aromatic N) is 1. The first-order valence-electron chi connectivity index (χ1n) is 8.88. The quantitative estimate of drug-likeness (QED) is 0.428. The molecule has 0 saturated carbocycles. The van der Waals surface area contributed by atoms with Gasteiger partial charge in [-0.1, -0.05) is 41.9 Å². The van der Waals surface area contributed by atoms with Gasteiger partial charge in [0, 0.05) is 28.8 Å². The number of fused-ring (bicyclic) bond motifs is 1. The van der Waals surface area contributed by atoms with Crippen LogP contribution in [0.25, 0.3) is 10.9 Å². The van der Waals surface area contributed by atoms with Gasteiger partial charge in [-0.3, -0.25) is 4.98 Å². The van der Waals surface area contributed by atoms with E-state index in [0.29, 0.717) is 5.02 Å². The van der Waals surface area contributed by atoms with E-state index in [2.05, 4.69) is 22.4 Å². The Labute approximate surface area is 163 Å². The molecule has 0 saturated heterocycles. The van der Waals surface area contributed by atoms with Crippen LogP contribution in [0, 0.1) is 0 Å². The van der Waals surface area contributed by atoms with Crippen molar-refractivity contribution in [3.05, 3.63) is 95.6 Å². The molecule has 1 heterocycles. The molecule has 1 aromatic heterocycles. The van der Waals surface area contributed by atoms with Crippen molar-refractivity contribution in [2.45, 2.75) is 6.42 Å². The zero-order valence-corrected chi connectivity index (χ0v) is 15.5. The summed E-state index contributed by atoms with van der Waals surface area (Å²) in [5.74, 6) is 1.69. The Kier molecular flexibility index (Phi) is 5.22. The van der Waals surface area contributed by atoms with Crippen molar-refractivity contribution >= 4 is 28.2 Å². The third-order valence-corrected chi connectivity index (χ3v) is 4.55. The van der Waals surface area contributed by atoms with Gasteiger partial charge >= 0.3 is 0 Å². The first-order valence-corrected chi connectivity index (χ1v) is 9.26. The lowest BCUT2D eigenvalue weighted by atomic mass is 10.1. The van der Waals surface area contributed by atoms with E-state index < -0.39 is 0 Å². The van der Waals surface area contributed by atoms with Crippen LogP contribution in [0.2, 0.25) is 5.02 Å². The standard InChI is InChI=1S/C23H19ClN2O/c24-18-9-10-21-22(12-14-26-23(21)16-18)25-13-11-17-5-4-8-20(15-17)27-19-6-2-1-3-7-19/h1-10,12,14-16H,11,13H2,(H,25,26). The minimum Gasteiger partial charge on any atom is -0.457 e. The molecule has 4 heteroatoms. The predicted octanol–water partition coefficient (Wildman–Crippen LogP) is 6.34. The number of para-hydroxylation sites is 1. The molecule has 0 aliphatic heterocycles. The summed E-state index contributed by atoms with van der Waals surface area (Å²) in [6, 6.07) is 25.8. The number of ether oxygens (including phenoxy) is 1. The van der Waals surface area contributed by atoms with Gasteiger partial charge < -0.3 is 10.1 Å². The molecule has 0 amide bonds. The molecular weight excluding hydrogens is 356 g/mol. The van der Waals surface area contributed by atoms with Crippen molar-refractivity contribution in [2.24, 2.45) is 0 Å². The Hall–Kier alpha value is -3.04. The number of aromatic nitrogens is 1. The number of hydrogen-bond acceptors (Lipinski definition) is 3. The van der Waals surface area contributed by atoms with Crippen molar-refractivity contribution in [3.63, 3.8) is 0 Å². The van der Waals surface area contributed by atoms with E-state index in [0.717, 1.165) is 41.1 Å².